The van der Waals surface area contributed by atoms with Crippen molar-refractivity contribution >= 4 is 0 Å². The minimum atomic E-state index is 0.296. The number of aliphatic hydroxyl groups is 1. The molecule has 2 N–H and O–H groups in total. The smallest absolute Gasteiger partial charge is 0.0431 e. The standard InChI is InChI=1S/C13H21NO/c1-12(6-5-11-15)14-10-9-13-7-3-2-4-8-13/h2-4,7-8,12,14-15H,5-6,9-11H2,1H3/t12-/m1/s1. The van der Waals surface area contributed by atoms with Gasteiger partial charge in [0.1, 0.15) is 0 Å². The molecule has 1 rings (SSSR count). The number of aliphatic hydroxyl groups excluding tert-OH is 1. The highest BCUT2D eigenvalue weighted by Gasteiger charge is 1.99. The molecule has 0 spiro atoms. The Morgan fingerprint density at radius 2 is 2.00 bits per heavy atom. The largest absolute Gasteiger partial charge is 0.396 e. The van der Waals surface area contributed by atoms with E-state index >= 15 is 0 Å². The third-order valence-corrected chi connectivity index (χ3v) is 2.54. The van der Waals surface area contributed by atoms with Crippen molar-refractivity contribution in [1.82, 2.24) is 5.32 Å². The van der Waals surface area contributed by atoms with Gasteiger partial charge in [0.15, 0.2) is 0 Å². The summed E-state index contributed by atoms with van der Waals surface area (Å²) in [6.07, 6.45) is 3.01. The summed E-state index contributed by atoms with van der Waals surface area (Å²) >= 11 is 0. The van der Waals surface area contributed by atoms with Crippen LogP contribution in [0.4, 0.5) is 0 Å². The molecule has 1 aromatic carbocycles. The molecule has 0 radical (unpaired) electrons. The fourth-order valence-corrected chi connectivity index (χ4v) is 1.61. The lowest BCUT2D eigenvalue weighted by Gasteiger charge is -2.12. The molecule has 0 heterocycles. The molecule has 0 amide bonds. The molecule has 0 aliphatic rings. The van der Waals surface area contributed by atoms with E-state index in [4.69, 9.17) is 5.11 Å². The highest BCUT2D eigenvalue weighted by molar-refractivity contribution is 5.14. The first-order valence-corrected chi connectivity index (χ1v) is 5.71. The van der Waals surface area contributed by atoms with Crippen LogP contribution in [0.3, 0.4) is 0 Å². The quantitative estimate of drug-likeness (QED) is 0.716. The third kappa shape index (κ3) is 5.55. The van der Waals surface area contributed by atoms with Crippen LogP contribution in [0.25, 0.3) is 0 Å². The van der Waals surface area contributed by atoms with Crippen molar-refractivity contribution in [2.75, 3.05) is 13.2 Å². The maximum atomic E-state index is 8.69. The van der Waals surface area contributed by atoms with Crippen LogP contribution in [0.15, 0.2) is 30.3 Å². The van der Waals surface area contributed by atoms with Gasteiger partial charge in [-0.15, -0.1) is 0 Å². The Bertz CT molecular complexity index is 248. The summed E-state index contributed by atoms with van der Waals surface area (Å²) in [5.41, 5.74) is 1.37. The summed E-state index contributed by atoms with van der Waals surface area (Å²) in [6, 6.07) is 11.0. The molecule has 0 aliphatic heterocycles. The Labute approximate surface area is 92.3 Å². The van der Waals surface area contributed by atoms with E-state index < -0.39 is 0 Å². The lowest BCUT2D eigenvalue weighted by atomic mass is 10.1. The van der Waals surface area contributed by atoms with Gasteiger partial charge in [-0.25, -0.2) is 0 Å². The van der Waals surface area contributed by atoms with E-state index in [-0.39, 0.29) is 0 Å². The highest BCUT2D eigenvalue weighted by Crippen LogP contribution is 2.00. The Morgan fingerprint density at radius 3 is 2.67 bits per heavy atom. The molecular formula is C13H21NO. The van der Waals surface area contributed by atoms with E-state index in [9.17, 15) is 0 Å². The van der Waals surface area contributed by atoms with Gasteiger partial charge in [-0.1, -0.05) is 30.3 Å². The van der Waals surface area contributed by atoms with Gasteiger partial charge in [0.2, 0.25) is 0 Å². The van der Waals surface area contributed by atoms with Gasteiger partial charge in [-0.2, -0.15) is 0 Å². The van der Waals surface area contributed by atoms with Crippen LogP contribution in [-0.2, 0) is 6.42 Å². The number of nitrogens with one attached hydrogen (secondary N) is 1. The molecule has 0 fully saturated rings. The fraction of sp³-hybridized carbons (Fsp3) is 0.538. The first kappa shape index (κ1) is 12.2. The Morgan fingerprint density at radius 1 is 1.27 bits per heavy atom. The molecule has 1 aromatic rings. The van der Waals surface area contributed by atoms with E-state index in [2.05, 4.69) is 36.5 Å². The summed E-state index contributed by atoms with van der Waals surface area (Å²) in [5.74, 6) is 0. The van der Waals surface area contributed by atoms with Crippen molar-refractivity contribution in [3.05, 3.63) is 35.9 Å². The first-order chi connectivity index (χ1) is 7.33. The van der Waals surface area contributed by atoms with E-state index in [0.717, 1.165) is 25.8 Å². The molecule has 0 aliphatic carbocycles. The van der Waals surface area contributed by atoms with Crippen molar-refractivity contribution in [3.8, 4) is 0 Å². The van der Waals surface area contributed by atoms with Crippen LogP contribution in [0.1, 0.15) is 25.3 Å². The summed E-state index contributed by atoms with van der Waals surface area (Å²) in [6.45, 7) is 3.47. The molecule has 0 saturated heterocycles. The third-order valence-electron chi connectivity index (χ3n) is 2.54. The van der Waals surface area contributed by atoms with Crippen LogP contribution < -0.4 is 5.32 Å². The van der Waals surface area contributed by atoms with Crippen LogP contribution >= 0.6 is 0 Å². The van der Waals surface area contributed by atoms with Gasteiger partial charge in [0.25, 0.3) is 0 Å². The topological polar surface area (TPSA) is 32.3 Å². The van der Waals surface area contributed by atoms with Gasteiger partial charge in [-0.05, 0) is 38.3 Å². The first-order valence-electron chi connectivity index (χ1n) is 5.71. The summed E-state index contributed by atoms with van der Waals surface area (Å²) in [7, 11) is 0. The SMILES string of the molecule is C[C@H](CCCO)NCCc1ccccc1. The van der Waals surface area contributed by atoms with Crippen LogP contribution in [0.2, 0.25) is 0 Å². The normalized spacial score (nSPS) is 12.7. The number of hydrogen-bond acceptors (Lipinski definition) is 2. The second-order valence-electron chi connectivity index (χ2n) is 3.96. The van der Waals surface area contributed by atoms with Gasteiger partial charge < -0.3 is 10.4 Å². The zero-order valence-electron chi connectivity index (χ0n) is 9.45. The fourth-order valence-electron chi connectivity index (χ4n) is 1.61. The molecule has 15 heavy (non-hydrogen) atoms. The van der Waals surface area contributed by atoms with E-state index in [1.54, 1.807) is 0 Å². The minimum absolute atomic E-state index is 0.296. The molecule has 0 bridgehead atoms. The average molecular weight is 207 g/mol. The van der Waals surface area contributed by atoms with Crippen LogP contribution in [0, 0.1) is 0 Å². The van der Waals surface area contributed by atoms with Crippen molar-refractivity contribution in [2.24, 2.45) is 0 Å². The monoisotopic (exact) mass is 207 g/mol. The van der Waals surface area contributed by atoms with Crippen LogP contribution in [0.5, 0.6) is 0 Å². The summed E-state index contributed by atoms with van der Waals surface area (Å²) in [5, 5.41) is 12.1. The Balaban J connectivity index is 2.11. The molecule has 0 aromatic heterocycles. The molecule has 0 unspecified atom stereocenters. The lowest BCUT2D eigenvalue weighted by Crippen LogP contribution is -2.28. The van der Waals surface area contributed by atoms with Crippen LogP contribution in [-0.4, -0.2) is 24.3 Å². The molecule has 1 atom stereocenters. The minimum Gasteiger partial charge on any atom is -0.396 e. The van der Waals surface area contributed by atoms with Crippen molar-refractivity contribution in [2.45, 2.75) is 32.2 Å². The zero-order chi connectivity index (χ0) is 10.9. The van der Waals surface area contributed by atoms with E-state index in [1.807, 2.05) is 6.07 Å². The number of benzene rings is 1. The number of hydrogen-bond donors (Lipinski definition) is 2. The molecule has 0 saturated carbocycles. The van der Waals surface area contributed by atoms with Crippen molar-refractivity contribution in [3.63, 3.8) is 0 Å². The van der Waals surface area contributed by atoms with Crippen molar-refractivity contribution in [1.29, 1.82) is 0 Å². The second kappa shape index (κ2) is 7.43. The van der Waals surface area contributed by atoms with E-state index in [0.29, 0.717) is 12.6 Å². The predicted molar refractivity (Wildman–Crippen MR) is 63.9 cm³/mol. The van der Waals surface area contributed by atoms with E-state index in [1.165, 1.54) is 5.56 Å². The van der Waals surface area contributed by atoms with Gasteiger partial charge in [-0.3, -0.25) is 0 Å². The molecule has 2 heteroatoms. The van der Waals surface area contributed by atoms with Crippen molar-refractivity contribution < 1.29 is 5.11 Å². The Hall–Kier alpha value is -0.860. The second-order valence-corrected chi connectivity index (χ2v) is 3.96. The maximum Gasteiger partial charge on any atom is 0.0431 e. The predicted octanol–water partition coefficient (Wildman–Crippen LogP) is 1.98. The lowest BCUT2D eigenvalue weighted by molar-refractivity contribution is 0.276. The zero-order valence-corrected chi connectivity index (χ0v) is 9.45. The average Bonchev–Trinajstić information content (AvgIpc) is 2.28. The summed E-state index contributed by atoms with van der Waals surface area (Å²) in [4.78, 5) is 0. The molecule has 84 valence electrons. The van der Waals surface area contributed by atoms with Gasteiger partial charge >= 0.3 is 0 Å². The summed E-state index contributed by atoms with van der Waals surface area (Å²) < 4.78 is 0. The molecular weight excluding hydrogens is 186 g/mol. The maximum absolute atomic E-state index is 8.69. The van der Waals surface area contributed by atoms with Gasteiger partial charge in [0.05, 0.1) is 0 Å². The highest BCUT2D eigenvalue weighted by atomic mass is 16.2. The number of rotatable bonds is 7. The Kier molecular flexibility index (Phi) is 6.05. The van der Waals surface area contributed by atoms with Gasteiger partial charge in [0, 0.05) is 12.6 Å². The molecule has 2 nitrogen and oxygen atoms in total.